The van der Waals surface area contributed by atoms with Crippen LogP contribution in [0.1, 0.15) is 67.0 Å². The number of nitro benzene ring substituents is 1. The summed E-state index contributed by atoms with van der Waals surface area (Å²) in [5, 5.41) is 45.9. The van der Waals surface area contributed by atoms with E-state index in [1.165, 1.54) is 12.1 Å². The molecule has 2 amide bonds. The Bertz CT molecular complexity index is 2920. The van der Waals surface area contributed by atoms with Crippen LogP contribution < -0.4 is 29.8 Å². The molecule has 17 heteroatoms. The summed E-state index contributed by atoms with van der Waals surface area (Å²) in [7, 11) is -0.966. The van der Waals surface area contributed by atoms with Crippen LogP contribution in [0.15, 0.2) is 121 Å². The highest BCUT2D eigenvalue weighted by atomic mass is 28.3. The highest BCUT2D eigenvalue weighted by Gasteiger charge is 2.66. The maximum absolute atomic E-state index is 15.8. The molecule has 0 aliphatic carbocycles. The summed E-state index contributed by atoms with van der Waals surface area (Å²) >= 11 is 0. The molecule has 4 heterocycles. The van der Waals surface area contributed by atoms with Gasteiger partial charge in [-0.3, -0.25) is 29.3 Å². The lowest BCUT2D eigenvalue weighted by Crippen LogP contribution is -2.51. The van der Waals surface area contributed by atoms with Gasteiger partial charge in [0.25, 0.3) is 11.6 Å². The first-order valence-electron chi connectivity index (χ1n) is 24.8. The number of carbonyl (C=O) groups is 2. The van der Waals surface area contributed by atoms with Crippen molar-refractivity contribution in [3.63, 3.8) is 0 Å². The number of aliphatic hydroxyl groups excluding tert-OH is 2. The minimum absolute atomic E-state index is 0.0745. The summed E-state index contributed by atoms with van der Waals surface area (Å²) in [6, 6.07) is 35.2. The van der Waals surface area contributed by atoms with Crippen LogP contribution >= 0.6 is 0 Å². The number of fused-ring (bicyclic) bond motifs is 3. The van der Waals surface area contributed by atoms with Crippen LogP contribution in [0.2, 0.25) is 18.6 Å². The number of nitrogens with one attached hydrogen (secondary N) is 1. The third-order valence-electron chi connectivity index (χ3n) is 15.0. The van der Waals surface area contributed by atoms with Crippen LogP contribution in [0.5, 0.6) is 11.5 Å². The zero-order chi connectivity index (χ0) is 50.7. The zero-order valence-electron chi connectivity index (χ0n) is 41.4. The van der Waals surface area contributed by atoms with Crippen LogP contribution in [0.25, 0.3) is 0 Å². The molecule has 6 atom stereocenters. The average Bonchev–Trinajstić information content (AvgIpc) is 4.05. The van der Waals surface area contributed by atoms with Crippen molar-refractivity contribution >= 4 is 47.8 Å². The van der Waals surface area contributed by atoms with Crippen molar-refractivity contribution < 1.29 is 38.9 Å². The monoisotopic (exact) mass is 993 g/mol. The maximum Gasteiger partial charge on any atom is 0.269 e. The molecule has 3 aliphatic heterocycles. The number of anilines is 3. The van der Waals surface area contributed by atoms with Gasteiger partial charge in [0.2, 0.25) is 5.91 Å². The number of hydrogen-bond donors (Lipinski definition) is 3. The van der Waals surface area contributed by atoms with Gasteiger partial charge >= 0.3 is 0 Å². The van der Waals surface area contributed by atoms with Gasteiger partial charge in [0.1, 0.15) is 11.5 Å². The Balaban J connectivity index is 1.07. The number of aromatic nitrogens is 3. The van der Waals surface area contributed by atoms with Gasteiger partial charge in [-0.05, 0) is 110 Å². The first kappa shape index (κ1) is 50.2. The number of methoxy groups -OCH3 is 1. The van der Waals surface area contributed by atoms with Gasteiger partial charge in [-0.2, -0.15) is 0 Å². The second-order valence-electron chi connectivity index (χ2n) is 19.6. The molecule has 3 aliphatic rings. The standard InChI is InChI=1S/C55H63N7O9Si/c1-6-70-43-20-24-49-39(30-43)31-47(56-26-10-11-28-63)53(65)61(49)40-16-12-13-37(29-40)33-60-50-23-17-41(62(67)68)32-46(50)55(54(60)66)36(2)52(72(4,5)44-21-18-42(69-3)19-22-44)51(71-55)25-27-59-34-48(57-58-59)45(35-64)38-14-8-7-9-15-38/h7-9,12-24,29-30,32,34,36,45,47,51-52,56,63-64H,6,10-11,25-28,31,33,35H2,1-5H3/t36-,45?,47?,51+,52-,55+/m1/s1. The molecule has 16 nitrogen and oxygen atoms in total. The number of hydrogen-bond acceptors (Lipinski definition) is 12. The molecule has 3 N–H and O–H groups in total. The molecule has 0 saturated carbocycles. The fraction of sp³-hybridized carbons (Fsp3) is 0.382. The Morgan fingerprint density at radius 1 is 0.944 bits per heavy atom. The number of carbonyl (C=O) groups excluding carboxylic acids is 2. The van der Waals surface area contributed by atoms with Crippen LogP contribution in [-0.2, 0) is 39.4 Å². The molecular formula is C55H63N7O9Si. The minimum Gasteiger partial charge on any atom is -0.497 e. The van der Waals surface area contributed by atoms with E-state index in [0.717, 1.165) is 33.3 Å². The van der Waals surface area contributed by atoms with E-state index in [-0.39, 0.29) is 48.7 Å². The Morgan fingerprint density at radius 2 is 1.71 bits per heavy atom. The molecule has 376 valence electrons. The fourth-order valence-corrected chi connectivity index (χ4v) is 15.5. The number of rotatable bonds is 20. The number of unbranched alkanes of at least 4 members (excludes halogenated alkanes) is 1. The van der Waals surface area contributed by atoms with Crippen molar-refractivity contribution in [2.75, 3.05) is 43.3 Å². The topological polar surface area (TPSA) is 195 Å². The number of amides is 2. The maximum atomic E-state index is 15.8. The summed E-state index contributed by atoms with van der Waals surface area (Å²) in [6.07, 6.45) is 3.62. The molecule has 2 unspecified atom stereocenters. The molecule has 1 saturated heterocycles. The fourth-order valence-electron chi connectivity index (χ4n) is 11.4. The minimum atomic E-state index is -2.60. The third-order valence-corrected chi connectivity index (χ3v) is 19.4. The van der Waals surface area contributed by atoms with Crippen LogP contribution in [0.4, 0.5) is 22.7 Å². The predicted molar refractivity (Wildman–Crippen MR) is 277 cm³/mol. The Hall–Kier alpha value is -6.76. The molecule has 0 bridgehead atoms. The number of aliphatic hydroxyl groups is 2. The molecular weight excluding hydrogens is 931 g/mol. The van der Waals surface area contributed by atoms with E-state index in [4.69, 9.17) is 14.2 Å². The van der Waals surface area contributed by atoms with Crippen molar-refractivity contribution in [3.05, 3.63) is 160 Å². The Kier molecular flexibility index (Phi) is 14.7. The largest absolute Gasteiger partial charge is 0.497 e. The number of non-ortho nitro benzene ring substituents is 1. The molecule has 9 rings (SSSR count). The normalized spacial score (nSPS) is 21.0. The summed E-state index contributed by atoms with van der Waals surface area (Å²) in [5.74, 6) is 0.209. The lowest BCUT2D eigenvalue weighted by molar-refractivity contribution is -0.385. The predicted octanol–water partition coefficient (Wildman–Crippen LogP) is 7.52. The van der Waals surface area contributed by atoms with E-state index in [0.29, 0.717) is 73.8 Å². The number of aryl methyl sites for hydroxylation is 1. The second kappa shape index (κ2) is 21.1. The number of ether oxygens (including phenoxy) is 3. The molecule has 6 aromatic rings. The van der Waals surface area contributed by atoms with E-state index in [2.05, 4.69) is 47.8 Å². The van der Waals surface area contributed by atoms with E-state index in [1.54, 1.807) is 27.7 Å². The van der Waals surface area contributed by atoms with E-state index in [9.17, 15) is 25.1 Å². The van der Waals surface area contributed by atoms with Crippen molar-refractivity contribution in [1.29, 1.82) is 0 Å². The lowest BCUT2D eigenvalue weighted by atomic mass is 9.82. The molecule has 1 fully saturated rings. The van der Waals surface area contributed by atoms with Gasteiger partial charge in [-0.15, -0.1) is 5.10 Å². The summed E-state index contributed by atoms with van der Waals surface area (Å²) in [6.45, 7) is 10.0. The van der Waals surface area contributed by atoms with Crippen molar-refractivity contribution in [2.45, 2.75) is 94.9 Å². The van der Waals surface area contributed by atoms with Crippen LogP contribution in [0.3, 0.4) is 0 Å². The molecule has 72 heavy (non-hydrogen) atoms. The first-order valence-corrected chi connectivity index (χ1v) is 27.9. The van der Waals surface area contributed by atoms with Crippen LogP contribution in [-0.4, -0.2) is 95.6 Å². The van der Waals surface area contributed by atoms with Gasteiger partial charge in [-0.25, -0.2) is 0 Å². The SMILES string of the molecule is CCOc1ccc2c(c1)CC(NCCCCO)C(=O)N2c1cccc(CN2C(=O)[C@@]3(O[C@@H](CCn4cc(C(CO)c5ccccc5)nn4)[C@H]([Si](C)(C)c4ccc(OC)cc4)[C@H]3C)c3cc([N+](=O)[O-])ccc32)c1. The Morgan fingerprint density at radius 3 is 2.43 bits per heavy atom. The van der Waals surface area contributed by atoms with E-state index < -0.39 is 36.7 Å². The second-order valence-corrected chi connectivity index (χ2v) is 24.2. The zero-order valence-corrected chi connectivity index (χ0v) is 42.4. The smallest absolute Gasteiger partial charge is 0.269 e. The molecule has 1 spiro atoms. The van der Waals surface area contributed by atoms with Gasteiger partial charge < -0.3 is 34.6 Å². The summed E-state index contributed by atoms with van der Waals surface area (Å²) in [4.78, 5) is 45.8. The van der Waals surface area contributed by atoms with Gasteiger partial charge in [-0.1, -0.05) is 85.0 Å². The number of benzene rings is 5. The molecule has 5 aromatic carbocycles. The average molecular weight is 994 g/mol. The van der Waals surface area contributed by atoms with Gasteiger partial charge in [0, 0.05) is 48.6 Å². The third kappa shape index (κ3) is 9.42. The van der Waals surface area contributed by atoms with Crippen molar-refractivity contribution in [1.82, 2.24) is 20.3 Å². The van der Waals surface area contributed by atoms with Crippen molar-refractivity contribution in [2.24, 2.45) is 5.92 Å². The van der Waals surface area contributed by atoms with Gasteiger partial charge in [0.05, 0.1) is 75.0 Å². The van der Waals surface area contributed by atoms with E-state index in [1.807, 2.05) is 98.0 Å². The summed E-state index contributed by atoms with van der Waals surface area (Å²) < 4.78 is 20.5. The highest BCUT2D eigenvalue weighted by molar-refractivity contribution is 6.91. The highest BCUT2D eigenvalue weighted by Crippen LogP contribution is 2.60. The summed E-state index contributed by atoms with van der Waals surface area (Å²) in [5.41, 5.74) is 3.69. The number of nitrogens with zero attached hydrogens (tertiary/aromatic N) is 6. The van der Waals surface area contributed by atoms with E-state index >= 15 is 4.79 Å². The van der Waals surface area contributed by atoms with Gasteiger partial charge in [0.15, 0.2) is 5.60 Å². The molecule has 1 aromatic heterocycles. The lowest BCUT2D eigenvalue weighted by Gasteiger charge is -2.37. The molecule has 0 radical (unpaired) electrons. The first-order chi connectivity index (χ1) is 34.8. The van der Waals surface area contributed by atoms with Crippen molar-refractivity contribution in [3.8, 4) is 11.5 Å². The quantitative estimate of drug-likeness (QED) is 0.0295. The number of nitro groups is 1. The Labute approximate surface area is 420 Å². The van der Waals surface area contributed by atoms with Crippen LogP contribution in [0, 0.1) is 16.0 Å².